The number of fused-ring (bicyclic) bond motifs is 20. The Morgan fingerprint density at radius 2 is 0.662 bits per heavy atom. The Morgan fingerprint density at radius 3 is 1.05 bits per heavy atom. The minimum absolute atomic E-state index is 0.319. The van der Waals surface area contributed by atoms with Crippen molar-refractivity contribution in [2.24, 2.45) is 0 Å². The van der Waals surface area contributed by atoms with Crippen LogP contribution in [0.2, 0.25) is 0 Å². The van der Waals surface area contributed by atoms with Gasteiger partial charge < -0.3 is 18.3 Å². The van der Waals surface area contributed by atoms with Crippen molar-refractivity contribution in [3.8, 4) is 51.1 Å². The molecule has 80 heavy (non-hydrogen) atoms. The third kappa shape index (κ3) is 5.40. The van der Waals surface area contributed by atoms with Crippen LogP contribution in [0.3, 0.4) is 0 Å². The molecule has 2 aliphatic carbocycles. The van der Waals surface area contributed by atoms with Crippen LogP contribution in [0, 0.1) is 17.9 Å². The summed E-state index contributed by atoms with van der Waals surface area (Å²) < 4.78 is 9.48. The van der Waals surface area contributed by atoms with E-state index >= 15 is 0 Å². The van der Waals surface area contributed by atoms with Crippen LogP contribution in [-0.4, -0.2) is 18.3 Å². The van der Waals surface area contributed by atoms with E-state index in [4.69, 9.17) is 4.85 Å². The summed E-state index contributed by atoms with van der Waals surface area (Å²) in [7, 11) is 0. The molecule has 4 aromatic heterocycles. The van der Waals surface area contributed by atoms with E-state index in [0.29, 0.717) is 28.3 Å². The lowest BCUT2D eigenvalue weighted by molar-refractivity contribution is 0.660. The van der Waals surface area contributed by atoms with Crippen LogP contribution in [-0.2, 0) is 10.8 Å². The van der Waals surface area contributed by atoms with Gasteiger partial charge in [-0.05, 0) is 69.8 Å². The van der Waals surface area contributed by atoms with Gasteiger partial charge >= 0.3 is 0 Å². The van der Waals surface area contributed by atoms with E-state index in [1.165, 1.54) is 27.8 Å². The highest BCUT2D eigenvalue weighted by molar-refractivity contribution is 6.20. The van der Waals surface area contributed by atoms with E-state index in [1.807, 2.05) is 0 Å². The van der Waals surface area contributed by atoms with Crippen LogP contribution < -0.4 is 0 Å². The molecule has 2 aliphatic rings. The standard InChI is InChI=1S/C74H48N6/c1-73(2)54-30-14-6-28-51(54)64-56(73)40-38-49-47-26-12-20-36-62(47)79(67(49)64)69-53(42-75)70(77-58-32-16-8-22-43(58)44-23-9-17-33-59(44)77)72(71(66(69)76-5)78-60-34-18-10-24-45(60)46-25-11-19-35-61(46)78)80-63-37-21-13-27-48(63)50-39-41-57-65(68(50)80)52-29-7-15-31-55(52)74(57,3)4/h6-41H,1-4H3. The number of aromatic nitrogens is 4. The van der Waals surface area contributed by atoms with E-state index in [9.17, 15) is 11.8 Å². The second-order valence-corrected chi connectivity index (χ2v) is 22.9. The number of nitrogens with zero attached hydrogens (tertiary/aromatic N) is 6. The van der Waals surface area contributed by atoms with Crippen molar-refractivity contribution >= 4 is 92.9 Å². The van der Waals surface area contributed by atoms with Crippen molar-refractivity contribution in [1.82, 2.24) is 18.3 Å². The summed E-state index contributed by atoms with van der Waals surface area (Å²) >= 11 is 0. The number of rotatable bonds is 4. The first kappa shape index (κ1) is 44.7. The normalized spacial score (nSPS) is 13.9. The average Bonchev–Trinajstić information content (AvgIpc) is 4.35. The molecular formula is C74H48N6. The fourth-order valence-electron chi connectivity index (χ4n) is 15.0. The first-order valence-electron chi connectivity index (χ1n) is 27.5. The summed E-state index contributed by atoms with van der Waals surface area (Å²) in [5.74, 6) is 0. The topological polar surface area (TPSA) is 47.9 Å². The average molecular weight is 1020 g/mol. The molecule has 6 heteroatoms. The van der Waals surface area contributed by atoms with E-state index in [2.05, 4.69) is 270 Å². The minimum Gasteiger partial charge on any atom is -0.317 e. The molecule has 17 rings (SSSR count). The number of benzene rings is 11. The molecule has 6 nitrogen and oxygen atoms in total. The molecule has 4 heterocycles. The number of nitriles is 1. The Labute approximate surface area is 461 Å². The lowest BCUT2D eigenvalue weighted by Gasteiger charge is -2.28. The van der Waals surface area contributed by atoms with Gasteiger partial charge in [0.15, 0.2) is 0 Å². The largest absolute Gasteiger partial charge is 0.317 e. The van der Waals surface area contributed by atoms with Gasteiger partial charge in [0.2, 0.25) is 5.69 Å². The summed E-state index contributed by atoms with van der Waals surface area (Å²) in [6.45, 7) is 19.4. The Bertz CT molecular complexity index is 5140. The molecule has 11 aromatic carbocycles. The molecule has 0 fully saturated rings. The van der Waals surface area contributed by atoms with Gasteiger partial charge in [-0.25, -0.2) is 4.85 Å². The van der Waals surface area contributed by atoms with Crippen molar-refractivity contribution in [2.45, 2.75) is 38.5 Å². The molecule has 0 radical (unpaired) electrons. The Kier molecular flexibility index (Phi) is 8.74. The summed E-state index contributed by atoms with van der Waals surface area (Å²) in [6, 6.07) is 81.6. The Balaban J connectivity index is 1.21. The highest BCUT2D eigenvalue weighted by atomic mass is 15.1. The van der Waals surface area contributed by atoms with Crippen molar-refractivity contribution in [2.75, 3.05) is 0 Å². The lowest BCUT2D eigenvalue weighted by Crippen LogP contribution is -2.16. The molecular weight excluding hydrogens is 973 g/mol. The maximum Gasteiger partial charge on any atom is 0.237 e. The van der Waals surface area contributed by atoms with Gasteiger partial charge in [0, 0.05) is 65.0 Å². The van der Waals surface area contributed by atoms with Crippen LogP contribution in [0.4, 0.5) is 5.69 Å². The molecule has 15 aromatic rings. The van der Waals surface area contributed by atoms with E-state index in [-0.39, 0.29) is 10.8 Å². The zero-order valence-corrected chi connectivity index (χ0v) is 44.5. The maximum absolute atomic E-state index is 12.9. The molecule has 0 spiro atoms. The van der Waals surface area contributed by atoms with E-state index in [1.54, 1.807) is 0 Å². The minimum atomic E-state index is -0.321. The number of hydrogen-bond acceptors (Lipinski definition) is 1. The SMILES string of the molecule is [C-]#[N+]c1c(-n2c3ccccc3c3ccccc32)c(-n2c3ccccc3c3ccc4c(c32)-c2ccccc2C4(C)C)c(-n2c3ccccc3c3ccccc32)c(C#N)c1-n1c2ccccc2c2ccc3c(c21)-c1ccccc1C3(C)C. The molecule has 0 unspecified atom stereocenters. The molecule has 374 valence electrons. The van der Waals surface area contributed by atoms with Crippen molar-refractivity contribution in [1.29, 1.82) is 5.26 Å². The second kappa shape index (κ2) is 15.6. The van der Waals surface area contributed by atoms with Crippen LogP contribution in [0.25, 0.3) is 137 Å². The fourth-order valence-corrected chi connectivity index (χ4v) is 15.0. The molecule has 0 amide bonds. The second-order valence-electron chi connectivity index (χ2n) is 22.9. The molecule has 0 aliphatic heterocycles. The Morgan fingerprint density at radius 1 is 0.338 bits per heavy atom. The Hall–Kier alpha value is -10.4. The fraction of sp³-hybridized carbons (Fsp3) is 0.0811. The van der Waals surface area contributed by atoms with Gasteiger partial charge in [0.1, 0.15) is 6.07 Å². The van der Waals surface area contributed by atoms with E-state index in [0.717, 1.165) is 110 Å². The molecule has 0 N–H and O–H groups in total. The summed E-state index contributed by atoms with van der Waals surface area (Å²) in [6.07, 6.45) is 0. The third-order valence-corrected chi connectivity index (χ3v) is 18.4. The van der Waals surface area contributed by atoms with Gasteiger partial charge in [0.25, 0.3) is 0 Å². The van der Waals surface area contributed by atoms with Gasteiger partial charge in [-0.1, -0.05) is 210 Å². The van der Waals surface area contributed by atoms with Crippen molar-refractivity contribution in [3.05, 3.63) is 258 Å². The third-order valence-electron chi connectivity index (χ3n) is 18.4. The van der Waals surface area contributed by atoms with Crippen molar-refractivity contribution in [3.63, 3.8) is 0 Å². The molecule has 0 atom stereocenters. The van der Waals surface area contributed by atoms with Gasteiger partial charge in [-0.15, -0.1) is 0 Å². The summed E-state index contributed by atoms with van der Waals surface area (Å²) in [5, 5.41) is 21.5. The van der Waals surface area contributed by atoms with Crippen LogP contribution >= 0.6 is 0 Å². The highest BCUT2D eigenvalue weighted by Crippen LogP contribution is 2.58. The molecule has 0 saturated carbocycles. The zero-order chi connectivity index (χ0) is 53.5. The van der Waals surface area contributed by atoms with Crippen LogP contribution in [0.1, 0.15) is 55.5 Å². The molecule has 0 saturated heterocycles. The van der Waals surface area contributed by atoms with Crippen molar-refractivity contribution < 1.29 is 0 Å². The predicted molar refractivity (Wildman–Crippen MR) is 330 cm³/mol. The van der Waals surface area contributed by atoms with Crippen LogP contribution in [0.15, 0.2) is 218 Å². The van der Waals surface area contributed by atoms with E-state index < -0.39 is 0 Å². The monoisotopic (exact) mass is 1020 g/mol. The van der Waals surface area contributed by atoms with Gasteiger partial charge in [-0.3, -0.25) is 0 Å². The highest BCUT2D eigenvalue weighted by Gasteiger charge is 2.42. The lowest BCUT2D eigenvalue weighted by atomic mass is 9.82. The van der Waals surface area contributed by atoms with Gasteiger partial charge in [0.05, 0.1) is 79.0 Å². The first-order valence-corrected chi connectivity index (χ1v) is 27.5. The first-order chi connectivity index (χ1) is 39.2. The number of para-hydroxylation sites is 6. The quantitative estimate of drug-likeness (QED) is 0.162. The predicted octanol–water partition coefficient (Wildman–Crippen LogP) is 19.1. The number of hydrogen-bond donors (Lipinski definition) is 0. The molecule has 0 bridgehead atoms. The maximum atomic E-state index is 12.9. The summed E-state index contributed by atoms with van der Waals surface area (Å²) in [4.78, 5) is 4.93. The van der Waals surface area contributed by atoms with Crippen LogP contribution in [0.5, 0.6) is 0 Å². The smallest absolute Gasteiger partial charge is 0.237 e. The van der Waals surface area contributed by atoms with Gasteiger partial charge in [-0.2, -0.15) is 5.26 Å². The summed E-state index contributed by atoms with van der Waals surface area (Å²) in [5.41, 5.74) is 20.1. The zero-order valence-electron chi connectivity index (χ0n) is 44.5.